The van der Waals surface area contributed by atoms with Crippen molar-refractivity contribution in [1.29, 1.82) is 0 Å². The summed E-state index contributed by atoms with van der Waals surface area (Å²) in [7, 11) is 1.82. The van der Waals surface area contributed by atoms with Gasteiger partial charge in [-0.2, -0.15) is 5.10 Å². The molecule has 1 aromatic rings. The molecule has 1 aromatic heterocycles. The molecule has 5 heteroatoms. The molecule has 0 atom stereocenters. The van der Waals surface area contributed by atoms with E-state index in [0.717, 1.165) is 11.4 Å². The van der Waals surface area contributed by atoms with Crippen molar-refractivity contribution in [1.82, 2.24) is 15.1 Å². The Labute approximate surface area is 83.3 Å². The summed E-state index contributed by atoms with van der Waals surface area (Å²) in [6, 6.07) is 0. The van der Waals surface area contributed by atoms with Crippen molar-refractivity contribution in [3.05, 3.63) is 17.0 Å². The van der Waals surface area contributed by atoms with Crippen molar-refractivity contribution in [2.45, 2.75) is 13.8 Å². The van der Waals surface area contributed by atoms with Gasteiger partial charge in [0.05, 0.1) is 11.3 Å². The molecule has 5 nitrogen and oxygen atoms in total. The van der Waals surface area contributed by atoms with Gasteiger partial charge in [-0.3, -0.25) is 9.48 Å². The van der Waals surface area contributed by atoms with Crippen molar-refractivity contribution >= 4 is 5.91 Å². The molecular formula is C9H16N4O. The van der Waals surface area contributed by atoms with Gasteiger partial charge in [0, 0.05) is 25.8 Å². The van der Waals surface area contributed by atoms with Gasteiger partial charge in [-0.1, -0.05) is 0 Å². The van der Waals surface area contributed by atoms with Gasteiger partial charge in [-0.15, -0.1) is 0 Å². The Kier molecular flexibility index (Phi) is 3.24. The third-order valence-electron chi connectivity index (χ3n) is 2.17. The summed E-state index contributed by atoms with van der Waals surface area (Å²) in [6.07, 6.45) is 0. The van der Waals surface area contributed by atoms with E-state index < -0.39 is 0 Å². The second-order valence-electron chi connectivity index (χ2n) is 3.21. The van der Waals surface area contributed by atoms with Crippen LogP contribution in [-0.4, -0.2) is 28.8 Å². The van der Waals surface area contributed by atoms with Gasteiger partial charge in [0.25, 0.3) is 5.91 Å². The first kappa shape index (κ1) is 10.7. The van der Waals surface area contributed by atoms with Gasteiger partial charge < -0.3 is 11.1 Å². The minimum atomic E-state index is -0.0986. The first-order chi connectivity index (χ1) is 6.57. The molecule has 0 radical (unpaired) electrons. The number of nitrogens with one attached hydrogen (secondary N) is 1. The number of carbonyl (C=O) groups excluding carboxylic acids is 1. The summed E-state index contributed by atoms with van der Waals surface area (Å²) in [5, 5.41) is 6.89. The molecule has 14 heavy (non-hydrogen) atoms. The number of carbonyl (C=O) groups is 1. The van der Waals surface area contributed by atoms with Crippen LogP contribution in [0.25, 0.3) is 0 Å². The Morgan fingerprint density at radius 3 is 2.64 bits per heavy atom. The van der Waals surface area contributed by atoms with Gasteiger partial charge in [-0.05, 0) is 13.8 Å². The highest BCUT2D eigenvalue weighted by molar-refractivity contribution is 5.96. The van der Waals surface area contributed by atoms with Crippen LogP contribution >= 0.6 is 0 Å². The summed E-state index contributed by atoms with van der Waals surface area (Å²) < 4.78 is 1.70. The van der Waals surface area contributed by atoms with Crippen molar-refractivity contribution in [3.63, 3.8) is 0 Å². The highest BCUT2D eigenvalue weighted by atomic mass is 16.1. The Morgan fingerprint density at radius 1 is 1.57 bits per heavy atom. The predicted octanol–water partition coefficient (Wildman–Crippen LogP) is -0.275. The van der Waals surface area contributed by atoms with E-state index in [1.165, 1.54) is 0 Å². The Bertz CT molecular complexity index is 343. The van der Waals surface area contributed by atoms with Gasteiger partial charge in [0.2, 0.25) is 0 Å². The molecule has 0 fully saturated rings. The largest absolute Gasteiger partial charge is 0.351 e. The van der Waals surface area contributed by atoms with Crippen molar-refractivity contribution in [3.8, 4) is 0 Å². The van der Waals surface area contributed by atoms with Crippen molar-refractivity contribution in [2.75, 3.05) is 13.1 Å². The maximum absolute atomic E-state index is 11.6. The van der Waals surface area contributed by atoms with E-state index in [0.29, 0.717) is 18.7 Å². The number of rotatable bonds is 3. The molecule has 0 bridgehead atoms. The first-order valence-corrected chi connectivity index (χ1v) is 4.56. The predicted molar refractivity (Wildman–Crippen MR) is 54.1 cm³/mol. The molecule has 0 saturated heterocycles. The van der Waals surface area contributed by atoms with E-state index >= 15 is 0 Å². The lowest BCUT2D eigenvalue weighted by Crippen LogP contribution is -2.29. The van der Waals surface area contributed by atoms with Crippen LogP contribution in [0, 0.1) is 13.8 Å². The first-order valence-electron chi connectivity index (χ1n) is 4.56. The molecule has 0 spiro atoms. The van der Waals surface area contributed by atoms with Crippen LogP contribution < -0.4 is 11.1 Å². The fourth-order valence-corrected chi connectivity index (χ4v) is 1.38. The minimum Gasteiger partial charge on any atom is -0.351 e. The topological polar surface area (TPSA) is 72.9 Å². The maximum Gasteiger partial charge on any atom is 0.255 e. The normalized spacial score (nSPS) is 10.3. The van der Waals surface area contributed by atoms with E-state index in [9.17, 15) is 4.79 Å². The summed E-state index contributed by atoms with van der Waals surface area (Å²) in [4.78, 5) is 11.6. The van der Waals surface area contributed by atoms with Crippen LogP contribution in [0.1, 0.15) is 21.7 Å². The van der Waals surface area contributed by atoms with Gasteiger partial charge >= 0.3 is 0 Å². The average molecular weight is 196 g/mol. The third-order valence-corrected chi connectivity index (χ3v) is 2.17. The number of nitrogens with two attached hydrogens (primary N) is 1. The summed E-state index contributed by atoms with van der Waals surface area (Å²) in [6.45, 7) is 4.64. The molecule has 1 heterocycles. The standard InChI is InChI=1S/C9H16N4O/c1-6-8(7(2)13(3)12-6)9(14)11-5-4-10/h4-5,10H2,1-3H3,(H,11,14). The average Bonchev–Trinajstić information content (AvgIpc) is 2.38. The fourth-order valence-electron chi connectivity index (χ4n) is 1.38. The zero-order valence-electron chi connectivity index (χ0n) is 8.79. The molecule has 3 N–H and O–H groups in total. The molecule has 0 aliphatic heterocycles. The lowest BCUT2D eigenvalue weighted by Gasteiger charge is -2.03. The number of amides is 1. The van der Waals surface area contributed by atoms with E-state index in [1.807, 2.05) is 20.9 Å². The van der Waals surface area contributed by atoms with Crippen LogP contribution in [0.5, 0.6) is 0 Å². The fraction of sp³-hybridized carbons (Fsp3) is 0.556. The van der Waals surface area contributed by atoms with Crippen LogP contribution in [0.4, 0.5) is 0 Å². The van der Waals surface area contributed by atoms with Gasteiger partial charge in [0.15, 0.2) is 0 Å². The zero-order valence-corrected chi connectivity index (χ0v) is 8.79. The van der Waals surface area contributed by atoms with Gasteiger partial charge in [-0.25, -0.2) is 0 Å². The molecule has 1 amide bonds. The summed E-state index contributed by atoms with van der Waals surface area (Å²) in [5.41, 5.74) is 7.58. The quantitative estimate of drug-likeness (QED) is 0.698. The summed E-state index contributed by atoms with van der Waals surface area (Å²) in [5.74, 6) is -0.0986. The molecule has 0 saturated carbocycles. The Balaban J connectivity index is 2.89. The van der Waals surface area contributed by atoms with E-state index in [-0.39, 0.29) is 5.91 Å². The lowest BCUT2D eigenvalue weighted by atomic mass is 10.2. The Hall–Kier alpha value is -1.36. The molecule has 1 rings (SSSR count). The molecular weight excluding hydrogens is 180 g/mol. The van der Waals surface area contributed by atoms with E-state index in [2.05, 4.69) is 10.4 Å². The number of hydrogen-bond acceptors (Lipinski definition) is 3. The number of aryl methyl sites for hydroxylation is 2. The van der Waals surface area contributed by atoms with E-state index in [1.54, 1.807) is 4.68 Å². The second kappa shape index (κ2) is 4.23. The SMILES string of the molecule is Cc1nn(C)c(C)c1C(=O)NCCN. The Morgan fingerprint density at radius 2 is 2.21 bits per heavy atom. The molecule has 0 unspecified atom stereocenters. The number of nitrogens with zero attached hydrogens (tertiary/aromatic N) is 2. The number of aromatic nitrogens is 2. The lowest BCUT2D eigenvalue weighted by molar-refractivity contribution is 0.0953. The molecule has 0 aromatic carbocycles. The third kappa shape index (κ3) is 1.93. The van der Waals surface area contributed by atoms with E-state index in [4.69, 9.17) is 5.73 Å². The highest BCUT2D eigenvalue weighted by Crippen LogP contribution is 2.10. The minimum absolute atomic E-state index is 0.0986. The highest BCUT2D eigenvalue weighted by Gasteiger charge is 2.16. The molecule has 78 valence electrons. The van der Waals surface area contributed by atoms with Crippen molar-refractivity contribution < 1.29 is 4.79 Å². The van der Waals surface area contributed by atoms with Crippen LogP contribution in [0.2, 0.25) is 0 Å². The maximum atomic E-state index is 11.6. The molecule has 0 aliphatic carbocycles. The second-order valence-corrected chi connectivity index (χ2v) is 3.21. The van der Waals surface area contributed by atoms with Gasteiger partial charge in [0.1, 0.15) is 0 Å². The van der Waals surface area contributed by atoms with Crippen molar-refractivity contribution in [2.24, 2.45) is 12.8 Å². The number of hydrogen-bond donors (Lipinski definition) is 2. The summed E-state index contributed by atoms with van der Waals surface area (Å²) >= 11 is 0. The van der Waals surface area contributed by atoms with Crippen LogP contribution in [0.15, 0.2) is 0 Å². The van der Waals surface area contributed by atoms with Crippen LogP contribution in [0.3, 0.4) is 0 Å². The smallest absolute Gasteiger partial charge is 0.255 e. The van der Waals surface area contributed by atoms with Crippen LogP contribution in [-0.2, 0) is 7.05 Å². The molecule has 0 aliphatic rings. The monoisotopic (exact) mass is 196 g/mol. The zero-order chi connectivity index (χ0) is 10.7.